The van der Waals surface area contributed by atoms with Gasteiger partial charge in [-0.15, -0.1) is 0 Å². The van der Waals surface area contributed by atoms with Gasteiger partial charge in [-0.3, -0.25) is 0 Å². The van der Waals surface area contributed by atoms with Crippen molar-refractivity contribution in [3.63, 3.8) is 0 Å². The van der Waals surface area contributed by atoms with Crippen LogP contribution in [0.15, 0.2) is 12.2 Å². The highest BCUT2D eigenvalue weighted by Crippen LogP contribution is 2.14. The molecule has 0 aliphatic rings. The van der Waals surface area contributed by atoms with Crippen molar-refractivity contribution in [1.29, 1.82) is 0 Å². The van der Waals surface area contributed by atoms with Crippen LogP contribution >= 0.6 is 0 Å². The molecule has 0 fully saturated rings. The molecule has 1 heteroatoms. The van der Waals surface area contributed by atoms with Gasteiger partial charge in [0.15, 0.2) is 0 Å². The molecule has 0 aromatic rings. The number of allylic oxidation sites excluding steroid dienone is 2. The van der Waals surface area contributed by atoms with E-state index in [4.69, 9.17) is 5.11 Å². The highest BCUT2D eigenvalue weighted by Gasteiger charge is 2.00. The predicted octanol–water partition coefficient (Wildman–Crippen LogP) is 3.53. The topological polar surface area (TPSA) is 20.2 Å². The maximum absolute atomic E-state index is 8.62. The second kappa shape index (κ2) is 9.79. The smallest absolute Gasteiger partial charge is 0.0431 e. The van der Waals surface area contributed by atoms with E-state index in [9.17, 15) is 0 Å². The lowest BCUT2D eigenvalue weighted by Crippen LogP contribution is -1.95. The Morgan fingerprint density at radius 3 is 2.46 bits per heavy atom. The van der Waals surface area contributed by atoms with Gasteiger partial charge in [0.05, 0.1) is 0 Å². The molecule has 0 heterocycles. The minimum atomic E-state index is 0.352. The molecule has 0 saturated heterocycles. The average molecular weight is 184 g/mol. The van der Waals surface area contributed by atoms with Crippen LogP contribution in [0.3, 0.4) is 0 Å². The van der Waals surface area contributed by atoms with E-state index in [1.165, 1.54) is 32.1 Å². The molecule has 1 unspecified atom stereocenters. The van der Waals surface area contributed by atoms with Crippen LogP contribution < -0.4 is 0 Å². The van der Waals surface area contributed by atoms with Gasteiger partial charge in [0, 0.05) is 6.61 Å². The summed E-state index contributed by atoms with van der Waals surface area (Å²) in [5, 5.41) is 8.62. The predicted molar refractivity (Wildman–Crippen MR) is 58.8 cm³/mol. The summed E-state index contributed by atoms with van der Waals surface area (Å²) in [6, 6.07) is 0. The Kier molecular flexibility index (Phi) is 9.56. The minimum Gasteiger partial charge on any atom is -0.396 e. The number of aliphatic hydroxyl groups is 1. The van der Waals surface area contributed by atoms with Crippen LogP contribution in [0.1, 0.15) is 52.4 Å². The van der Waals surface area contributed by atoms with Crippen molar-refractivity contribution in [3.8, 4) is 0 Å². The number of hydrogen-bond acceptors (Lipinski definition) is 1. The first kappa shape index (κ1) is 12.7. The maximum atomic E-state index is 8.62. The third kappa shape index (κ3) is 9.62. The highest BCUT2D eigenvalue weighted by molar-refractivity contribution is 4.76. The first-order valence-electron chi connectivity index (χ1n) is 5.53. The van der Waals surface area contributed by atoms with E-state index >= 15 is 0 Å². The summed E-state index contributed by atoms with van der Waals surface area (Å²) < 4.78 is 0. The summed E-state index contributed by atoms with van der Waals surface area (Å²) in [5.41, 5.74) is 0. The molecule has 1 nitrogen and oxygen atoms in total. The molecule has 0 radical (unpaired) electrons. The lowest BCUT2D eigenvalue weighted by molar-refractivity contribution is 0.277. The molecule has 0 aromatic carbocycles. The van der Waals surface area contributed by atoms with Crippen LogP contribution in [0, 0.1) is 5.92 Å². The zero-order chi connectivity index (χ0) is 9.94. The monoisotopic (exact) mass is 184 g/mol. The molecular formula is C12H24O. The van der Waals surface area contributed by atoms with Gasteiger partial charge in [0.25, 0.3) is 0 Å². The Morgan fingerprint density at radius 2 is 1.85 bits per heavy atom. The van der Waals surface area contributed by atoms with E-state index in [1.54, 1.807) is 0 Å². The summed E-state index contributed by atoms with van der Waals surface area (Å²) in [6.07, 6.45) is 11.6. The molecule has 0 aliphatic heterocycles. The zero-order valence-electron chi connectivity index (χ0n) is 9.13. The van der Waals surface area contributed by atoms with Crippen LogP contribution in [0.4, 0.5) is 0 Å². The van der Waals surface area contributed by atoms with Crippen LogP contribution in [0.5, 0.6) is 0 Å². The fraction of sp³-hybridized carbons (Fsp3) is 0.833. The fourth-order valence-electron chi connectivity index (χ4n) is 1.50. The average Bonchev–Trinajstić information content (AvgIpc) is 2.13. The van der Waals surface area contributed by atoms with Gasteiger partial charge < -0.3 is 5.11 Å². The molecule has 0 aliphatic carbocycles. The molecule has 78 valence electrons. The summed E-state index contributed by atoms with van der Waals surface area (Å²) >= 11 is 0. The number of aliphatic hydroxyl groups excluding tert-OH is 1. The third-order valence-electron chi connectivity index (χ3n) is 2.41. The van der Waals surface area contributed by atoms with Gasteiger partial charge in [-0.2, -0.15) is 0 Å². The molecule has 0 spiro atoms. The first-order chi connectivity index (χ1) is 6.31. The van der Waals surface area contributed by atoms with E-state index in [0.29, 0.717) is 6.61 Å². The molecule has 0 amide bonds. The van der Waals surface area contributed by atoms with Crippen molar-refractivity contribution >= 4 is 0 Å². The lowest BCUT2D eigenvalue weighted by atomic mass is 9.98. The zero-order valence-corrected chi connectivity index (χ0v) is 9.13. The highest BCUT2D eigenvalue weighted by atomic mass is 16.2. The summed E-state index contributed by atoms with van der Waals surface area (Å²) in [6.45, 7) is 4.74. The van der Waals surface area contributed by atoms with Crippen LogP contribution in [-0.4, -0.2) is 11.7 Å². The van der Waals surface area contributed by atoms with Crippen LogP contribution in [-0.2, 0) is 0 Å². The molecule has 1 N–H and O–H groups in total. The normalized spacial score (nSPS) is 13.8. The SMILES string of the molecule is CC=CCCCC(C)CCCCO. The van der Waals surface area contributed by atoms with E-state index < -0.39 is 0 Å². The Labute approximate surface area is 82.9 Å². The molecular weight excluding hydrogens is 160 g/mol. The Balaban J connectivity index is 3.14. The number of hydrogen-bond donors (Lipinski definition) is 1. The molecule has 0 rings (SSSR count). The van der Waals surface area contributed by atoms with Crippen molar-refractivity contribution in [2.75, 3.05) is 6.61 Å². The van der Waals surface area contributed by atoms with Crippen LogP contribution in [0.2, 0.25) is 0 Å². The third-order valence-corrected chi connectivity index (χ3v) is 2.41. The Hall–Kier alpha value is -0.300. The largest absolute Gasteiger partial charge is 0.396 e. The molecule has 0 bridgehead atoms. The Bertz CT molecular complexity index is 118. The van der Waals surface area contributed by atoms with Crippen molar-refractivity contribution < 1.29 is 5.11 Å². The van der Waals surface area contributed by atoms with Crippen LogP contribution in [0.25, 0.3) is 0 Å². The lowest BCUT2D eigenvalue weighted by Gasteiger charge is -2.09. The molecule has 13 heavy (non-hydrogen) atoms. The van der Waals surface area contributed by atoms with E-state index in [1.807, 2.05) is 0 Å². The summed E-state index contributed by atoms with van der Waals surface area (Å²) in [5.74, 6) is 0.830. The van der Waals surface area contributed by atoms with Crippen molar-refractivity contribution in [3.05, 3.63) is 12.2 Å². The van der Waals surface area contributed by atoms with Gasteiger partial charge in [-0.05, 0) is 32.1 Å². The maximum Gasteiger partial charge on any atom is 0.0431 e. The van der Waals surface area contributed by atoms with Gasteiger partial charge in [-0.1, -0.05) is 38.3 Å². The second-order valence-electron chi connectivity index (χ2n) is 3.82. The van der Waals surface area contributed by atoms with Gasteiger partial charge >= 0.3 is 0 Å². The molecule has 0 saturated carbocycles. The quantitative estimate of drug-likeness (QED) is 0.452. The summed E-state index contributed by atoms with van der Waals surface area (Å²) in [7, 11) is 0. The molecule has 1 atom stereocenters. The van der Waals surface area contributed by atoms with Gasteiger partial charge in [0.1, 0.15) is 0 Å². The summed E-state index contributed by atoms with van der Waals surface area (Å²) in [4.78, 5) is 0. The van der Waals surface area contributed by atoms with Crippen molar-refractivity contribution in [2.45, 2.75) is 52.4 Å². The van der Waals surface area contributed by atoms with Gasteiger partial charge in [-0.25, -0.2) is 0 Å². The van der Waals surface area contributed by atoms with E-state index in [-0.39, 0.29) is 0 Å². The minimum absolute atomic E-state index is 0.352. The second-order valence-corrected chi connectivity index (χ2v) is 3.82. The first-order valence-corrected chi connectivity index (χ1v) is 5.53. The number of rotatable bonds is 8. The fourth-order valence-corrected chi connectivity index (χ4v) is 1.50. The van der Waals surface area contributed by atoms with E-state index in [2.05, 4.69) is 26.0 Å². The van der Waals surface area contributed by atoms with Gasteiger partial charge in [0.2, 0.25) is 0 Å². The Morgan fingerprint density at radius 1 is 1.15 bits per heavy atom. The van der Waals surface area contributed by atoms with Crippen molar-refractivity contribution in [2.24, 2.45) is 5.92 Å². The van der Waals surface area contributed by atoms with Crippen molar-refractivity contribution in [1.82, 2.24) is 0 Å². The standard InChI is InChI=1S/C12H24O/c1-3-4-5-6-9-12(2)10-7-8-11-13/h3-4,12-13H,5-11H2,1-2H3. The number of unbranched alkanes of at least 4 members (excludes halogenated alkanes) is 2. The molecule has 0 aromatic heterocycles. The van der Waals surface area contributed by atoms with E-state index in [0.717, 1.165) is 12.3 Å².